The number of nitriles is 1. The molecule has 0 saturated carbocycles. The van der Waals surface area contributed by atoms with Crippen LogP contribution in [0.15, 0.2) is 52.9 Å². The maximum atomic E-state index is 9.47. The molecule has 7 nitrogen and oxygen atoms in total. The zero-order valence-electron chi connectivity index (χ0n) is 15.0. The van der Waals surface area contributed by atoms with Gasteiger partial charge in [0.1, 0.15) is 11.8 Å². The van der Waals surface area contributed by atoms with Gasteiger partial charge in [0.15, 0.2) is 22.2 Å². The molecule has 0 bridgehead atoms. The highest BCUT2D eigenvalue weighted by atomic mass is 32.1. The molecule has 0 spiro atoms. The van der Waals surface area contributed by atoms with Gasteiger partial charge in [-0.15, -0.1) is 11.3 Å². The van der Waals surface area contributed by atoms with E-state index < -0.39 is 0 Å². The number of fused-ring (bicyclic) bond motifs is 1. The Morgan fingerprint density at radius 1 is 1.25 bits per heavy atom. The Hall–Kier alpha value is -3.57. The van der Waals surface area contributed by atoms with Gasteiger partial charge in [0.25, 0.3) is 0 Å². The molecule has 8 heteroatoms. The molecule has 0 unspecified atom stereocenters. The molecule has 140 valence electrons. The first-order valence-corrected chi connectivity index (χ1v) is 9.47. The minimum atomic E-state index is 0.214. The first-order valence-electron chi connectivity index (χ1n) is 8.59. The average molecular weight is 392 g/mol. The van der Waals surface area contributed by atoms with Crippen LogP contribution < -0.4 is 19.6 Å². The Kier molecular flexibility index (Phi) is 5.08. The number of nitrogens with one attached hydrogen (secondary N) is 1. The third-order valence-electron chi connectivity index (χ3n) is 3.94. The minimum Gasteiger partial charge on any atom is -0.494 e. The molecule has 0 radical (unpaired) electrons. The van der Waals surface area contributed by atoms with Crippen LogP contribution in [0.25, 0.3) is 11.3 Å². The highest BCUT2D eigenvalue weighted by Crippen LogP contribution is 2.36. The highest BCUT2D eigenvalue weighted by Gasteiger charge is 2.16. The Labute approximate surface area is 165 Å². The number of thiazole rings is 1. The largest absolute Gasteiger partial charge is 0.494 e. The maximum Gasteiger partial charge on any atom is 0.231 e. The summed E-state index contributed by atoms with van der Waals surface area (Å²) in [5, 5.41) is 16.1. The van der Waals surface area contributed by atoms with Gasteiger partial charge in [-0.05, 0) is 49.4 Å². The highest BCUT2D eigenvalue weighted by molar-refractivity contribution is 7.12. The molecule has 3 aromatic rings. The topological polar surface area (TPSA) is 88.8 Å². The van der Waals surface area contributed by atoms with Gasteiger partial charge in [0.2, 0.25) is 6.79 Å². The molecular weight excluding hydrogens is 376 g/mol. The van der Waals surface area contributed by atoms with Crippen molar-refractivity contribution in [3.8, 4) is 34.6 Å². The molecule has 4 rings (SSSR count). The second-order valence-electron chi connectivity index (χ2n) is 5.75. The van der Waals surface area contributed by atoms with Crippen molar-refractivity contribution in [3.05, 3.63) is 52.9 Å². The van der Waals surface area contributed by atoms with Crippen molar-refractivity contribution >= 4 is 22.7 Å². The van der Waals surface area contributed by atoms with E-state index in [1.54, 1.807) is 0 Å². The van der Waals surface area contributed by atoms with E-state index in [0.717, 1.165) is 28.4 Å². The van der Waals surface area contributed by atoms with Gasteiger partial charge in [-0.3, -0.25) is 5.43 Å². The second-order valence-corrected chi connectivity index (χ2v) is 6.61. The first kappa shape index (κ1) is 17.8. The number of hydrazone groups is 1. The molecule has 0 saturated heterocycles. The van der Waals surface area contributed by atoms with Crippen LogP contribution in [0.2, 0.25) is 0 Å². The standard InChI is InChI=1S/C20H16N4O3S/c1-2-25-15-6-4-14(5-7-15)23-24-16(10-21)20-22-17(11-28-20)13-3-8-18-19(9-13)27-12-26-18/h3-9,11,23H,2,12H2,1H3/b24-16+. The minimum absolute atomic E-state index is 0.214. The molecule has 0 aliphatic carbocycles. The lowest BCUT2D eigenvalue weighted by Crippen LogP contribution is -2.01. The van der Waals surface area contributed by atoms with Gasteiger partial charge in [0.05, 0.1) is 18.0 Å². The molecule has 2 heterocycles. The molecule has 28 heavy (non-hydrogen) atoms. The predicted octanol–water partition coefficient (Wildman–Crippen LogP) is 4.28. The third kappa shape index (κ3) is 3.75. The number of hydrogen-bond acceptors (Lipinski definition) is 8. The molecule has 2 aromatic carbocycles. The van der Waals surface area contributed by atoms with Crippen LogP contribution in [-0.2, 0) is 0 Å². The lowest BCUT2D eigenvalue weighted by atomic mass is 10.1. The van der Waals surface area contributed by atoms with Crippen molar-refractivity contribution in [3.63, 3.8) is 0 Å². The summed E-state index contributed by atoms with van der Waals surface area (Å²) in [5.41, 5.74) is 5.50. The van der Waals surface area contributed by atoms with E-state index in [1.165, 1.54) is 11.3 Å². The van der Waals surface area contributed by atoms with E-state index in [4.69, 9.17) is 14.2 Å². The summed E-state index contributed by atoms with van der Waals surface area (Å²) < 4.78 is 16.1. The Bertz CT molecular complexity index is 1050. The van der Waals surface area contributed by atoms with Crippen LogP contribution in [0.3, 0.4) is 0 Å². The molecule has 1 aromatic heterocycles. The number of rotatable bonds is 6. The Balaban J connectivity index is 1.51. The monoisotopic (exact) mass is 392 g/mol. The molecule has 0 amide bonds. The fraction of sp³-hybridized carbons (Fsp3) is 0.150. The van der Waals surface area contributed by atoms with Crippen molar-refractivity contribution < 1.29 is 14.2 Å². The summed E-state index contributed by atoms with van der Waals surface area (Å²) in [6, 6.07) is 15.1. The maximum absolute atomic E-state index is 9.47. The number of anilines is 1. The fourth-order valence-electron chi connectivity index (χ4n) is 2.60. The number of nitrogens with zero attached hydrogens (tertiary/aromatic N) is 3. The Morgan fingerprint density at radius 2 is 2.07 bits per heavy atom. The molecule has 1 N–H and O–H groups in total. The summed E-state index contributed by atoms with van der Waals surface area (Å²) in [6.45, 7) is 2.77. The average Bonchev–Trinajstić information content (AvgIpc) is 3.39. The van der Waals surface area contributed by atoms with Crippen LogP contribution in [0.5, 0.6) is 17.2 Å². The van der Waals surface area contributed by atoms with Gasteiger partial charge < -0.3 is 14.2 Å². The molecule has 0 fully saturated rings. The van der Waals surface area contributed by atoms with Crippen molar-refractivity contribution in [1.82, 2.24) is 4.98 Å². The summed E-state index contributed by atoms with van der Waals surface area (Å²) in [5.74, 6) is 2.20. The van der Waals surface area contributed by atoms with Gasteiger partial charge in [-0.2, -0.15) is 10.4 Å². The van der Waals surface area contributed by atoms with E-state index in [0.29, 0.717) is 17.4 Å². The van der Waals surface area contributed by atoms with Crippen molar-refractivity contribution in [2.24, 2.45) is 5.10 Å². The fourth-order valence-corrected chi connectivity index (χ4v) is 3.37. The van der Waals surface area contributed by atoms with Crippen LogP contribution in [0.1, 0.15) is 11.9 Å². The van der Waals surface area contributed by atoms with E-state index in [9.17, 15) is 5.26 Å². The van der Waals surface area contributed by atoms with Gasteiger partial charge >= 0.3 is 0 Å². The SMILES string of the molecule is CCOc1ccc(N/N=C(\C#N)c2nc(-c3ccc4c(c3)OCO4)cs2)cc1. The second kappa shape index (κ2) is 7.98. The normalized spacial score (nSPS) is 12.5. The molecule has 0 atom stereocenters. The lowest BCUT2D eigenvalue weighted by Gasteiger charge is -2.04. The molecule has 1 aliphatic rings. The summed E-state index contributed by atoms with van der Waals surface area (Å²) in [6.07, 6.45) is 0. The first-order chi connectivity index (χ1) is 13.8. The van der Waals surface area contributed by atoms with Crippen LogP contribution in [0, 0.1) is 11.3 Å². The third-order valence-corrected chi connectivity index (χ3v) is 4.79. The van der Waals surface area contributed by atoms with E-state index >= 15 is 0 Å². The van der Waals surface area contributed by atoms with E-state index in [-0.39, 0.29) is 12.5 Å². The van der Waals surface area contributed by atoms with Crippen LogP contribution in [0.4, 0.5) is 5.69 Å². The van der Waals surface area contributed by atoms with Crippen molar-refractivity contribution in [1.29, 1.82) is 5.26 Å². The quantitative estimate of drug-likeness (QED) is 0.498. The smallest absolute Gasteiger partial charge is 0.231 e. The van der Waals surface area contributed by atoms with Gasteiger partial charge in [-0.25, -0.2) is 4.98 Å². The van der Waals surface area contributed by atoms with Crippen molar-refractivity contribution in [2.75, 3.05) is 18.8 Å². The van der Waals surface area contributed by atoms with E-state index in [1.807, 2.05) is 54.8 Å². The molecule has 1 aliphatic heterocycles. The zero-order chi connectivity index (χ0) is 19.3. The number of ether oxygens (including phenoxy) is 3. The lowest BCUT2D eigenvalue weighted by molar-refractivity contribution is 0.174. The summed E-state index contributed by atoms with van der Waals surface area (Å²) in [4.78, 5) is 4.54. The summed E-state index contributed by atoms with van der Waals surface area (Å²) >= 11 is 1.36. The van der Waals surface area contributed by atoms with Gasteiger partial charge in [0, 0.05) is 10.9 Å². The number of hydrogen-bond donors (Lipinski definition) is 1. The zero-order valence-corrected chi connectivity index (χ0v) is 15.8. The van der Waals surface area contributed by atoms with Crippen LogP contribution >= 0.6 is 11.3 Å². The summed E-state index contributed by atoms with van der Waals surface area (Å²) in [7, 11) is 0. The van der Waals surface area contributed by atoms with Gasteiger partial charge in [-0.1, -0.05) is 0 Å². The number of aromatic nitrogens is 1. The van der Waals surface area contributed by atoms with Crippen LogP contribution in [-0.4, -0.2) is 24.1 Å². The van der Waals surface area contributed by atoms with Crippen molar-refractivity contribution in [2.45, 2.75) is 6.92 Å². The van der Waals surface area contributed by atoms with E-state index in [2.05, 4.69) is 21.6 Å². The Morgan fingerprint density at radius 3 is 2.86 bits per heavy atom. The number of benzene rings is 2. The molecular formula is C20H16N4O3S. The predicted molar refractivity (Wildman–Crippen MR) is 107 cm³/mol.